The molecule has 122 valence electrons. The summed E-state index contributed by atoms with van der Waals surface area (Å²) in [5.41, 5.74) is 4.82. The van der Waals surface area contributed by atoms with Crippen LogP contribution in [0.2, 0.25) is 0 Å². The molecule has 0 fully saturated rings. The van der Waals surface area contributed by atoms with Gasteiger partial charge in [0.15, 0.2) is 0 Å². The molecule has 1 N–H and O–H groups in total. The highest BCUT2D eigenvalue weighted by atomic mass is 16.2. The fourth-order valence-corrected chi connectivity index (χ4v) is 3.25. The standard InChI is InChI=1S/C19H14N4O2/c1-2-13-7-8-15-17(12-5-3-11(10-20)4-6-12)18-14(22-23(13)15)9-16(24)21-19(18)25/h3-8H,2,9H2,1H3,(H,21,24,25). The molecule has 25 heavy (non-hydrogen) atoms. The van der Waals surface area contributed by atoms with Crippen molar-refractivity contribution in [1.82, 2.24) is 14.9 Å². The summed E-state index contributed by atoms with van der Waals surface area (Å²) in [6.45, 7) is 2.03. The van der Waals surface area contributed by atoms with Gasteiger partial charge in [0.25, 0.3) is 5.91 Å². The summed E-state index contributed by atoms with van der Waals surface area (Å²) in [7, 11) is 0. The SMILES string of the molecule is CCc1ccc2c(-c3ccc(C#N)cc3)c3c(nn12)CC(=O)NC3=O. The molecule has 0 saturated carbocycles. The molecule has 1 aliphatic rings. The molecule has 2 amide bonds. The second-order valence-electron chi connectivity index (χ2n) is 5.92. The Bertz CT molecular complexity index is 1070. The first-order chi connectivity index (χ1) is 12.1. The van der Waals surface area contributed by atoms with Crippen LogP contribution >= 0.6 is 0 Å². The molecule has 1 aliphatic heterocycles. The zero-order valence-electron chi connectivity index (χ0n) is 13.5. The molecule has 0 unspecified atom stereocenters. The van der Waals surface area contributed by atoms with Crippen molar-refractivity contribution in [2.24, 2.45) is 0 Å². The van der Waals surface area contributed by atoms with Gasteiger partial charge in [0, 0.05) is 11.3 Å². The molecule has 3 heterocycles. The summed E-state index contributed by atoms with van der Waals surface area (Å²) < 4.78 is 1.80. The number of nitrogens with one attached hydrogen (secondary N) is 1. The molecule has 6 heteroatoms. The zero-order chi connectivity index (χ0) is 17.6. The topological polar surface area (TPSA) is 87.3 Å². The van der Waals surface area contributed by atoms with Crippen molar-refractivity contribution in [3.8, 4) is 17.2 Å². The summed E-state index contributed by atoms with van der Waals surface area (Å²) in [6.07, 6.45) is 0.856. The fourth-order valence-electron chi connectivity index (χ4n) is 3.25. The molecule has 4 rings (SSSR count). The Kier molecular flexibility index (Phi) is 3.36. The Morgan fingerprint density at radius 3 is 2.60 bits per heavy atom. The number of fused-ring (bicyclic) bond motifs is 2. The van der Waals surface area contributed by atoms with Gasteiger partial charge in [-0.15, -0.1) is 0 Å². The van der Waals surface area contributed by atoms with Crippen molar-refractivity contribution in [3.63, 3.8) is 0 Å². The number of amides is 2. The van der Waals surface area contributed by atoms with Crippen LogP contribution in [0.5, 0.6) is 0 Å². The van der Waals surface area contributed by atoms with E-state index in [-0.39, 0.29) is 12.3 Å². The monoisotopic (exact) mass is 330 g/mol. The second-order valence-corrected chi connectivity index (χ2v) is 5.92. The number of hydrogen-bond donors (Lipinski definition) is 1. The number of aryl methyl sites for hydroxylation is 1. The number of rotatable bonds is 2. The molecular weight excluding hydrogens is 316 g/mol. The summed E-state index contributed by atoms with van der Waals surface area (Å²) in [5, 5.41) is 15.9. The first-order valence-corrected chi connectivity index (χ1v) is 8.00. The van der Waals surface area contributed by atoms with Crippen molar-refractivity contribution in [2.75, 3.05) is 0 Å². The lowest BCUT2D eigenvalue weighted by Gasteiger charge is -2.20. The second kappa shape index (κ2) is 5.56. The van der Waals surface area contributed by atoms with Crippen molar-refractivity contribution in [3.05, 3.63) is 58.9 Å². The Labute approximate surface area is 143 Å². The number of hydrogen-bond acceptors (Lipinski definition) is 4. The molecule has 3 aromatic rings. The van der Waals surface area contributed by atoms with E-state index in [2.05, 4.69) is 16.5 Å². The summed E-state index contributed by atoms with van der Waals surface area (Å²) in [5.74, 6) is -0.778. The van der Waals surface area contributed by atoms with Crippen LogP contribution in [0.25, 0.3) is 16.6 Å². The van der Waals surface area contributed by atoms with Crippen LogP contribution in [-0.4, -0.2) is 21.4 Å². The lowest BCUT2D eigenvalue weighted by atomic mass is 9.94. The lowest BCUT2D eigenvalue weighted by molar-refractivity contribution is -0.119. The van der Waals surface area contributed by atoms with E-state index in [0.717, 1.165) is 28.8 Å². The number of imide groups is 1. The van der Waals surface area contributed by atoms with Gasteiger partial charge in [0.05, 0.1) is 34.8 Å². The lowest BCUT2D eigenvalue weighted by Crippen LogP contribution is -2.38. The van der Waals surface area contributed by atoms with Gasteiger partial charge in [-0.25, -0.2) is 4.52 Å². The van der Waals surface area contributed by atoms with Gasteiger partial charge in [0.1, 0.15) is 0 Å². The number of nitrogens with zero attached hydrogens (tertiary/aromatic N) is 3. The normalized spacial score (nSPS) is 13.4. The molecule has 6 nitrogen and oxygen atoms in total. The first kappa shape index (κ1) is 15.1. The third-order valence-electron chi connectivity index (χ3n) is 4.42. The van der Waals surface area contributed by atoms with E-state index in [0.29, 0.717) is 16.8 Å². The molecular formula is C19H14N4O2. The third kappa shape index (κ3) is 2.29. The number of benzene rings is 1. The third-order valence-corrected chi connectivity index (χ3v) is 4.42. The molecule has 0 spiro atoms. The minimum absolute atomic E-state index is 0.0711. The highest BCUT2D eigenvalue weighted by molar-refractivity contribution is 6.14. The van der Waals surface area contributed by atoms with Crippen molar-refractivity contribution < 1.29 is 9.59 Å². The Morgan fingerprint density at radius 1 is 1.16 bits per heavy atom. The van der Waals surface area contributed by atoms with Crippen molar-refractivity contribution in [1.29, 1.82) is 5.26 Å². The van der Waals surface area contributed by atoms with Gasteiger partial charge in [-0.3, -0.25) is 14.9 Å². The number of aromatic nitrogens is 2. The Hall–Kier alpha value is -3.46. The number of carbonyl (C=O) groups is 2. The van der Waals surface area contributed by atoms with Crippen LogP contribution in [0.15, 0.2) is 36.4 Å². The van der Waals surface area contributed by atoms with Gasteiger partial charge in [0.2, 0.25) is 5.91 Å². The molecule has 0 radical (unpaired) electrons. The predicted molar refractivity (Wildman–Crippen MR) is 90.9 cm³/mol. The van der Waals surface area contributed by atoms with Crippen molar-refractivity contribution in [2.45, 2.75) is 19.8 Å². The van der Waals surface area contributed by atoms with E-state index in [1.807, 2.05) is 31.2 Å². The van der Waals surface area contributed by atoms with Crippen LogP contribution in [0.3, 0.4) is 0 Å². The van der Waals surface area contributed by atoms with Gasteiger partial charge in [-0.2, -0.15) is 10.4 Å². The number of nitriles is 1. The predicted octanol–water partition coefficient (Wildman–Crippen LogP) is 2.25. The van der Waals surface area contributed by atoms with Crippen LogP contribution < -0.4 is 5.32 Å². The zero-order valence-corrected chi connectivity index (χ0v) is 13.5. The van der Waals surface area contributed by atoms with Crippen LogP contribution in [0.4, 0.5) is 0 Å². The van der Waals surface area contributed by atoms with Crippen LogP contribution in [0.1, 0.15) is 34.2 Å². The summed E-state index contributed by atoms with van der Waals surface area (Å²) in [6, 6.07) is 13.1. The molecule has 0 saturated heterocycles. The maximum absolute atomic E-state index is 12.5. The van der Waals surface area contributed by atoms with E-state index < -0.39 is 5.91 Å². The summed E-state index contributed by atoms with van der Waals surface area (Å²) >= 11 is 0. The fraction of sp³-hybridized carbons (Fsp3) is 0.158. The highest BCUT2D eigenvalue weighted by Gasteiger charge is 2.29. The van der Waals surface area contributed by atoms with Gasteiger partial charge in [-0.05, 0) is 36.2 Å². The van der Waals surface area contributed by atoms with E-state index in [1.54, 1.807) is 16.6 Å². The Balaban J connectivity index is 2.08. The number of carbonyl (C=O) groups excluding carboxylic acids is 2. The van der Waals surface area contributed by atoms with E-state index in [4.69, 9.17) is 5.26 Å². The maximum atomic E-state index is 12.5. The average Bonchev–Trinajstić information content (AvgIpc) is 3.02. The minimum atomic E-state index is -0.431. The Morgan fingerprint density at radius 2 is 1.92 bits per heavy atom. The molecule has 1 aromatic carbocycles. The molecule has 0 atom stereocenters. The quantitative estimate of drug-likeness (QED) is 0.730. The smallest absolute Gasteiger partial charge is 0.260 e. The van der Waals surface area contributed by atoms with Gasteiger partial charge in [-0.1, -0.05) is 19.1 Å². The van der Waals surface area contributed by atoms with Crippen LogP contribution in [-0.2, 0) is 17.6 Å². The van der Waals surface area contributed by atoms with E-state index >= 15 is 0 Å². The van der Waals surface area contributed by atoms with Gasteiger partial charge >= 0.3 is 0 Å². The largest absolute Gasteiger partial charge is 0.292 e. The van der Waals surface area contributed by atoms with Crippen molar-refractivity contribution >= 4 is 17.3 Å². The minimum Gasteiger partial charge on any atom is -0.292 e. The average molecular weight is 330 g/mol. The first-order valence-electron chi connectivity index (χ1n) is 8.00. The molecule has 0 aliphatic carbocycles. The molecule has 0 bridgehead atoms. The highest BCUT2D eigenvalue weighted by Crippen LogP contribution is 2.33. The van der Waals surface area contributed by atoms with E-state index in [9.17, 15) is 9.59 Å². The van der Waals surface area contributed by atoms with E-state index in [1.165, 1.54) is 0 Å². The molecule has 2 aromatic heterocycles. The van der Waals surface area contributed by atoms with Gasteiger partial charge < -0.3 is 0 Å². The maximum Gasteiger partial charge on any atom is 0.260 e. The van der Waals surface area contributed by atoms with Crippen LogP contribution in [0, 0.1) is 11.3 Å². The summed E-state index contributed by atoms with van der Waals surface area (Å²) in [4.78, 5) is 24.3.